The SMILES string of the molecule is Cc1ccc(C(=O)NCC(=O)Nc2nc3c(s2)CN(C(=O)OC(C)(C)C)CC3)cc1[N+](=O)[O-]. The molecule has 1 aliphatic heterocycles. The average molecular weight is 476 g/mol. The van der Waals surface area contributed by atoms with Gasteiger partial charge in [0.05, 0.1) is 23.7 Å². The van der Waals surface area contributed by atoms with Gasteiger partial charge in [-0.15, -0.1) is 0 Å². The molecule has 2 heterocycles. The first-order valence-corrected chi connectivity index (χ1v) is 11.0. The lowest BCUT2D eigenvalue weighted by molar-refractivity contribution is -0.385. The molecule has 0 saturated heterocycles. The van der Waals surface area contributed by atoms with Gasteiger partial charge in [-0.2, -0.15) is 0 Å². The number of aryl methyl sites for hydroxylation is 1. The summed E-state index contributed by atoms with van der Waals surface area (Å²) < 4.78 is 5.41. The minimum absolute atomic E-state index is 0.0899. The fraction of sp³-hybridized carbons (Fsp3) is 0.429. The molecule has 0 saturated carbocycles. The van der Waals surface area contributed by atoms with Crippen LogP contribution in [0.15, 0.2) is 18.2 Å². The van der Waals surface area contributed by atoms with E-state index in [9.17, 15) is 24.5 Å². The highest BCUT2D eigenvalue weighted by Crippen LogP contribution is 2.29. The van der Waals surface area contributed by atoms with Gasteiger partial charge >= 0.3 is 6.09 Å². The molecule has 0 unspecified atom stereocenters. The molecule has 1 aromatic carbocycles. The number of nitrogens with one attached hydrogen (secondary N) is 2. The van der Waals surface area contributed by atoms with Gasteiger partial charge < -0.3 is 20.3 Å². The molecule has 11 nitrogen and oxygen atoms in total. The van der Waals surface area contributed by atoms with Crippen molar-refractivity contribution >= 4 is 40.1 Å². The van der Waals surface area contributed by atoms with E-state index in [1.807, 2.05) is 0 Å². The summed E-state index contributed by atoms with van der Waals surface area (Å²) in [7, 11) is 0. The van der Waals surface area contributed by atoms with Crippen LogP contribution in [0.2, 0.25) is 0 Å². The Labute approximate surface area is 194 Å². The Bertz CT molecular complexity index is 1110. The molecular formula is C21H25N5O6S. The Kier molecular flexibility index (Phi) is 6.96. The van der Waals surface area contributed by atoms with E-state index in [2.05, 4.69) is 15.6 Å². The number of ether oxygens (including phenoxy) is 1. The molecule has 0 fully saturated rings. The first-order valence-electron chi connectivity index (χ1n) is 10.2. The van der Waals surface area contributed by atoms with Crippen LogP contribution in [0, 0.1) is 17.0 Å². The maximum Gasteiger partial charge on any atom is 0.410 e. The summed E-state index contributed by atoms with van der Waals surface area (Å²) in [4.78, 5) is 54.2. The first-order chi connectivity index (χ1) is 15.4. The van der Waals surface area contributed by atoms with Gasteiger partial charge in [-0.25, -0.2) is 9.78 Å². The maximum absolute atomic E-state index is 12.3. The van der Waals surface area contributed by atoms with Crippen LogP contribution < -0.4 is 10.6 Å². The van der Waals surface area contributed by atoms with Gasteiger partial charge in [0, 0.05) is 35.0 Å². The van der Waals surface area contributed by atoms with Crippen molar-refractivity contribution in [2.75, 3.05) is 18.4 Å². The number of fused-ring (bicyclic) bond motifs is 1. The third-order valence-corrected chi connectivity index (χ3v) is 5.70. The van der Waals surface area contributed by atoms with Crippen molar-refractivity contribution in [3.05, 3.63) is 50.0 Å². The molecule has 3 rings (SSSR count). The van der Waals surface area contributed by atoms with Crippen molar-refractivity contribution in [3.63, 3.8) is 0 Å². The van der Waals surface area contributed by atoms with E-state index in [0.717, 1.165) is 10.6 Å². The summed E-state index contributed by atoms with van der Waals surface area (Å²) in [5, 5.41) is 16.5. The zero-order valence-electron chi connectivity index (χ0n) is 18.8. The predicted octanol–water partition coefficient (Wildman–Crippen LogP) is 3.02. The van der Waals surface area contributed by atoms with E-state index >= 15 is 0 Å². The minimum Gasteiger partial charge on any atom is -0.444 e. The van der Waals surface area contributed by atoms with E-state index in [4.69, 9.17) is 4.74 Å². The van der Waals surface area contributed by atoms with E-state index in [0.29, 0.717) is 30.2 Å². The smallest absolute Gasteiger partial charge is 0.410 e. The van der Waals surface area contributed by atoms with Crippen molar-refractivity contribution in [1.82, 2.24) is 15.2 Å². The molecule has 0 bridgehead atoms. The van der Waals surface area contributed by atoms with Gasteiger partial charge in [-0.05, 0) is 33.8 Å². The molecule has 33 heavy (non-hydrogen) atoms. The molecule has 2 N–H and O–H groups in total. The molecule has 2 aromatic rings. The first kappa shape index (κ1) is 24.1. The summed E-state index contributed by atoms with van der Waals surface area (Å²) in [6.45, 7) is 7.49. The highest BCUT2D eigenvalue weighted by Gasteiger charge is 2.28. The quantitative estimate of drug-likeness (QED) is 0.500. The molecule has 1 aliphatic rings. The fourth-order valence-corrected chi connectivity index (χ4v) is 4.14. The van der Waals surface area contributed by atoms with Crippen molar-refractivity contribution in [2.24, 2.45) is 0 Å². The number of amides is 3. The molecule has 0 spiro atoms. The van der Waals surface area contributed by atoms with Crippen molar-refractivity contribution in [2.45, 2.75) is 46.3 Å². The monoisotopic (exact) mass is 475 g/mol. The summed E-state index contributed by atoms with van der Waals surface area (Å²) >= 11 is 1.26. The van der Waals surface area contributed by atoms with E-state index in [1.54, 1.807) is 32.6 Å². The number of carbonyl (C=O) groups excluding carboxylic acids is 3. The number of thiazole rings is 1. The van der Waals surface area contributed by atoms with Gasteiger partial charge in [-0.3, -0.25) is 19.7 Å². The zero-order valence-corrected chi connectivity index (χ0v) is 19.6. The number of nitrogens with zero attached hydrogens (tertiary/aromatic N) is 3. The van der Waals surface area contributed by atoms with Crippen LogP contribution >= 0.6 is 11.3 Å². The number of aromatic nitrogens is 1. The molecule has 0 aliphatic carbocycles. The van der Waals surface area contributed by atoms with Gasteiger partial charge in [0.1, 0.15) is 5.60 Å². The lowest BCUT2D eigenvalue weighted by Crippen LogP contribution is -2.39. The van der Waals surface area contributed by atoms with Crippen molar-refractivity contribution < 1.29 is 24.0 Å². The third-order valence-electron chi connectivity index (χ3n) is 4.71. The van der Waals surface area contributed by atoms with Crippen LogP contribution in [-0.4, -0.2) is 51.4 Å². The van der Waals surface area contributed by atoms with Crippen molar-refractivity contribution in [1.29, 1.82) is 0 Å². The van der Waals surface area contributed by atoms with Crippen LogP contribution in [-0.2, 0) is 22.5 Å². The number of hydrogen-bond donors (Lipinski definition) is 2. The maximum atomic E-state index is 12.3. The summed E-state index contributed by atoms with van der Waals surface area (Å²) in [5.74, 6) is -1.08. The topological polar surface area (TPSA) is 144 Å². The van der Waals surface area contributed by atoms with Gasteiger partial charge in [0.2, 0.25) is 5.91 Å². The van der Waals surface area contributed by atoms with Crippen molar-refractivity contribution in [3.8, 4) is 0 Å². The van der Waals surface area contributed by atoms with Gasteiger partial charge in [0.25, 0.3) is 11.6 Å². The number of nitro groups is 1. The number of hydrogen-bond acceptors (Lipinski definition) is 8. The molecule has 12 heteroatoms. The van der Waals surface area contributed by atoms with Gasteiger partial charge in [0.15, 0.2) is 5.13 Å². The van der Waals surface area contributed by atoms with Crippen LogP contribution in [0.1, 0.15) is 47.3 Å². The summed E-state index contributed by atoms with van der Waals surface area (Å²) in [6, 6.07) is 4.11. The van der Waals surface area contributed by atoms with Crippen LogP contribution in [0.5, 0.6) is 0 Å². The lowest BCUT2D eigenvalue weighted by atomic mass is 10.1. The molecule has 0 atom stereocenters. The number of anilines is 1. The van der Waals surface area contributed by atoms with Crippen LogP contribution in [0.4, 0.5) is 15.6 Å². The standard InChI is InChI=1S/C21H25N5O6S/c1-12-5-6-13(9-15(12)26(30)31)18(28)22-10-17(27)24-19-23-14-7-8-25(11-16(14)33-19)20(29)32-21(2,3)4/h5-6,9H,7-8,10-11H2,1-4H3,(H,22,28)(H,23,24,27). The molecule has 1 aromatic heterocycles. The number of benzene rings is 1. The lowest BCUT2D eigenvalue weighted by Gasteiger charge is -2.29. The second-order valence-electron chi connectivity index (χ2n) is 8.53. The highest BCUT2D eigenvalue weighted by molar-refractivity contribution is 7.15. The number of rotatable bonds is 5. The minimum atomic E-state index is -0.598. The third kappa shape index (κ3) is 6.25. The molecule has 0 radical (unpaired) electrons. The molecular weight excluding hydrogens is 450 g/mol. The highest BCUT2D eigenvalue weighted by atomic mass is 32.1. The normalized spacial score (nSPS) is 13.2. The Morgan fingerprint density at radius 3 is 2.70 bits per heavy atom. The summed E-state index contributed by atoms with van der Waals surface area (Å²) in [6.07, 6.45) is 0.148. The van der Waals surface area contributed by atoms with Gasteiger partial charge in [-0.1, -0.05) is 17.4 Å². The Morgan fingerprint density at radius 2 is 2.03 bits per heavy atom. The van der Waals surface area contributed by atoms with E-state index in [1.165, 1.54) is 29.5 Å². The van der Waals surface area contributed by atoms with Crippen LogP contribution in [0.25, 0.3) is 0 Å². The average Bonchev–Trinajstić information content (AvgIpc) is 3.12. The largest absolute Gasteiger partial charge is 0.444 e. The Hall–Kier alpha value is -3.54. The molecule has 3 amide bonds. The predicted molar refractivity (Wildman–Crippen MR) is 121 cm³/mol. The fourth-order valence-electron chi connectivity index (χ4n) is 3.10. The Morgan fingerprint density at radius 1 is 1.30 bits per heavy atom. The molecule has 176 valence electrons. The summed E-state index contributed by atoms with van der Waals surface area (Å²) in [5.41, 5.74) is 0.587. The second kappa shape index (κ2) is 9.53. The number of carbonyl (C=O) groups is 3. The van der Waals surface area contributed by atoms with E-state index < -0.39 is 28.4 Å². The number of nitro benzene ring substituents is 1. The zero-order chi connectivity index (χ0) is 24.3. The van der Waals surface area contributed by atoms with E-state index in [-0.39, 0.29) is 17.8 Å². The van der Waals surface area contributed by atoms with Crippen LogP contribution in [0.3, 0.4) is 0 Å². The Balaban J connectivity index is 1.55. The second-order valence-corrected chi connectivity index (χ2v) is 9.61.